The molecule has 5 nitrogen and oxygen atoms in total. The molecule has 0 radical (unpaired) electrons. The zero-order chi connectivity index (χ0) is 15.7. The average Bonchev–Trinajstić information content (AvgIpc) is 2.79. The molecule has 1 saturated carbocycles. The summed E-state index contributed by atoms with van der Waals surface area (Å²) in [6, 6.07) is 8.51. The molecule has 0 spiro atoms. The number of nitrogens with one attached hydrogen (secondary N) is 1. The van der Waals surface area contributed by atoms with Gasteiger partial charge < -0.3 is 15.6 Å². The molecule has 2 amide bonds. The first-order valence-electron chi connectivity index (χ1n) is 7.42. The molecule has 3 N–H and O–H groups in total. The fourth-order valence-corrected chi connectivity index (χ4v) is 2.87. The van der Waals surface area contributed by atoms with Gasteiger partial charge >= 0.3 is 0 Å². The Kier molecular flexibility index (Phi) is 3.71. The third-order valence-electron chi connectivity index (χ3n) is 4.26. The van der Waals surface area contributed by atoms with E-state index in [1.54, 1.807) is 24.3 Å². The standard InChI is InChI=1S/C17H19N3O2/c1-20-9-8-14(15(20)11-4-2-5-11)17(22)19-13-7-3-6-12(10-13)16(18)21/h3,6-11H,2,4-5H2,1H3,(H2,18,21)(H,19,22). The molecule has 0 atom stereocenters. The minimum atomic E-state index is -0.508. The molecular formula is C17H19N3O2. The van der Waals surface area contributed by atoms with E-state index in [0.29, 0.717) is 22.7 Å². The van der Waals surface area contributed by atoms with Crippen molar-refractivity contribution in [3.63, 3.8) is 0 Å². The molecule has 1 heterocycles. The average molecular weight is 297 g/mol. The van der Waals surface area contributed by atoms with E-state index in [4.69, 9.17) is 5.73 Å². The summed E-state index contributed by atoms with van der Waals surface area (Å²) in [6.07, 6.45) is 5.41. The van der Waals surface area contributed by atoms with Crippen LogP contribution < -0.4 is 11.1 Å². The molecule has 2 aromatic rings. The van der Waals surface area contributed by atoms with Gasteiger partial charge in [-0.2, -0.15) is 0 Å². The Morgan fingerprint density at radius 1 is 1.27 bits per heavy atom. The summed E-state index contributed by atoms with van der Waals surface area (Å²) in [7, 11) is 1.97. The van der Waals surface area contributed by atoms with Gasteiger partial charge in [-0.05, 0) is 43.0 Å². The summed E-state index contributed by atoms with van der Waals surface area (Å²) in [4.78, 5) is 23.7. The highest BCUT2D eigenvalue weighted by Gasteiger charge is 2.27. The Morgan fingerprint density at radius 3 is 2.68 bits per heavy atom. The number of hydrogen-bond acceptors (Lipinski definition) is 2. The fraction of sp³-hybridized carbons (Fsp3) is 0.294. The number of carbonyl (C=O) groups is 2. The second-order valence-corrected chi connectivity index (χ2v) is 5.75. The Morgan fingerprint density at radius 2 is 2.05 bits per heavy atom. The normalized spacial score (nSPS) is 14.4. The topological polar surface area (TPSA) is 77.1 Å². The van der Waals surface area contributed by atoms with Gasteiger partial charge in [0, 0.05) is 30.2 Å². The molecule has 1 aromatic carbocycles. The number of anilines is 1. The highest BCUT2D eigenvalue weighted by atomic mass is 16.2. The molecule has 1 aromatic heterocycles. The predicted molar refractivity (Wildman–Crippen MR) is 84.9 cm³/mol. The maximum atomic E-state index is 12.5. The van der Waals surface area contributed by atoms with Gasteiger partial charge in [0.1, 0.15) is 0 Å². The van der Waals surface area contributed by atoms with E-state index in [1.807, 2.05) is 23.9 Å². The summed E-state index contributed by atoms with van der Waals surface area (Å²) >= 11 is 0. The van der Waals surface area contributed by atoms with Crippen LogP contribution in [0.1, 0.15) is 51.6 Å². The lowest BCUT2D eigenvalue weighted by atomic mass is 9.81. The van der Waals surface area contributed by atoms with Gasteiger partial charge in [0.2, 0.25) is 5.91 Å². The van der Waals surface area contributed by atoms with Crippen molar-refractivity contribution in [1.82, 2.24) is 4.57 Å². The molecule has 114 valence electrons. The fourth-order valence-electron chi connectivity index (χ4n) is 2.87. The number of benzene rings is 1. The van der Waals surface area contributed by atoms with Gasteiger partial charge in [0.25, 0.3) is 5.91 Å². The van der Waals surface area contributed by atoms with Gasteiger partial charge in [0.15, 0.2) is 0 Å². The third kappa shape index (κ3) is 2.62. The van der Waals surface area contributed by atoms with E-state index < -0.39 is 5.91 Å². The number of aryl methyl sites for hydroxylation is 1. The molecule has 0 aliphatic heterocycles. The molecule has 1 fully saturated rings. The highest BCUT2D eigenvalue weighted by molar-refractivity contribution is 6.06. The number of rotatable bonds is 4. The van der Waals surface area contributed by atoms with E-state index in [0.717, 1.165) is 18.5 Å². The quantitative estimate of drug-likeness (QED) is 0.910. The minimum Gasteiger partial charge on any atom is -0.366 e. The lowest BCUT2D eigenvalue weighted by Gasteiger charge is -2.27. The van der Waals surface area contributed by atoms with E-state index >= 15 is 0 Å². The van der Waals surface area contributed by atoms with Crippen LogP contribution in [0, 0.1) is 0 Å². The second-order valence-electron chi connectivity index (χ2n) is 5.75. The van der Waals surface area contributed by atoms with Gasteiger partial charge in [0.05, 0.1) is 5.56 Å². The van der Waals surface area contributed by atoms with Crippen LogP contribution in [0.3, 0.4) is 0 Å². The Balaban J connectivity index is 1.83. The Bertz CT molecular complexity index is 729. The number of amides is 2. The smallest absolute Gasteiger partial charge is 0.257 e. The van der Waals surface area contributed by atoms with Crippen molar-refractivity contribution in [1.29, 1.82) is 0 Å². The monoisotopic (exact) mass is 297 g/mol. The zero-order valence-corrected chi connectivity index (χ0v) is 12.5. The van der Waals surface area contributed by atoms with Gasteiger partial charge in [-0.3, -0.25) is 9.59 Å². The summed E-state index contributed by atoms with van der Waals surface area (Å²) < 4.78 is 2.03. The van der Waals surface area contributed by atoms with Crippen LogP contribution in [0.15, 0.2) is 36.5 Å². The molecule has 0 saturated heterocycles. The van der Waals surface area contributed by atoms with Crippen molar-refractivity contribution in [3.05, 3.63) is 53.3 Å². The van der Waals surface area contributed by atoms with Crippen molar-refractivity contribution < 1.29 is 9.59 Å². The van der Waals surface area contributed by atoms with Crippen LogP contribution in [0.4, 0.5) is 5.69 Å². The van der Waals surface area contributed by atoms with Crippen LogP contribution in [0.25, 0.3) is 0 Å². The molecule has 3 rings (SSSR count). The van der Waals surface area contributed by atoms with E-state index in [9.17, 15) is 9.59 Å². The largest absolute Gasteiger partial charge is 0.366 e. The number of carbonyl (C=O) groups excluding carboxylic acids is 2. The SMILES string of the molecule is Cn1ccc(C(=O)Nc2cccc(C(N)=O)c2)c1C1CCC1. The zero-order valence-electron chi connectivity index (χ0n) is 12.5. The second kappa shape index (κ2) is 5.67. The molecular weight excluding hydrogens is 278 g/mol. The van der Waals surface area contributed by atoms with Crippen LogP contribution in [-0.2, 0) is 7.05 Å². The van der Waals surface area contributed by atoms with Crippen molar-refractivity contribution >= 4 is 17.5 Å². The maximum Gasteiger partial charge on any atom is 0.257 e. The van der Waals surface area contributed by atoms with Crippen LogP contribution in [-0.4, -0.2) is 16.4 Å². The first-order valence-corrected chi connectivity index (χ1v) is 7.42. The lowest BCUT2D eigenvalue weighted by Crippen LogP contribution is -2.20. The van der Waals surface area contributed by atoms with Crippen LogP contribution >= 0.6 is 0 Å². The maximum absolute atomic E-state index is 12.5. The Hall–Kier alpha value is -2.56. The number of hydrogen-bond donors (Lipinski definition) is 2. The van der Waals surface area contributed by atoms with E-state index in [-0.39, 0.29) is 5.91 Å². The molecule has 22 heavy (non-hydrogen) atoms. The summed E-state index contributed by atoms with van der Waals surface area (Å²) in [5.74, 6) is -0.187. The molecule has 1 aliphatic carbocycles. The number of primary amides is 1. The third-order valence-corrected chi connectivity index (χ3v) is 4.26. The lowest BCUT2D eigenvalue weighted by molar-refractivity contribution is 0.0996. The van der Waals surface area contributed by atoms with E-state index in [2.05, 4.69) is 5.32 Å². The van der Waals surface area contributed by atoms with Gasteiger partial charge in [-0.1, -0.05) is 12.5 Å². The van der Waals surface area contributed by atoms with Gasteiger partial charge in [-0.15, -0.1) is 0 Å². The molecule has 5 heteroatoms. The molecule has 0 bridgehead atoms. The van der Waals surface area contributed by atoms with Gasteiger partial charge in [-0.25, -0.2) is 0 Å². The summed E-state index contributed by atoms with van der Waals surface area (Å²) in [6.45, 7) is 0. The number of nitrogens with zero attached hydrogens (tertiary/aromatic N) is 1. The first kappa shape index (κ1) is 14.4. The minimum absolute atomic E-state index is 0.149. The highest BCUT2D eigenvalue weighted by Crippen LogP contribution is 2.38. The van der Waals surface area contributed by atoms with Crippen LogP contribution in [0.2, 0.25) is 0 Å². The predicted octanol–water partition coefficient (Wildman–Crippen LogP) is 2.64. The van der Waals surface area contributed by atoms with Crippen molar-refractivity contribution in [2.75, 3.05) is 5.32 Å². The van der Waals surface area contributed by atoms with Crippen molar-refractivity contribution in [2.45, 2.75) is 25.2 Å². The number of nitrogens with two attached hydrogens (primary N) is 1. The van der Waals surface area contributed by atoms with Crippen molar-refractivity contribution in [3.8, 4) is 0 Å². The van der Waals surface area contributed by atoms with Crippen molar-refractivity contribution in [2.24, 2.45) is 12.8 Å². The Labute approximate surface area is 129 Å². The summed E-state index contributed by atoms with van der Waals surface area (Å²) in [5, 5.41) is 2.85. The van der Waals surface area contributed by atoms with Crippen LogP contribution in [0.5, 0.6) is 0 Å². The molecule has 1 aliphatic rings. The number of aromatic nitrogens is 1. The summed E-state index contributed by atoms with van der Waals surface area (Å²) in [5.41, 5.74) is 8.01. The van der Waals surface area contributed by atoms with E-state index in [1.165, 1.54) is 6.42 Å². The molecule has 0 unspecified atom stereocenters. The first-order chi connectivity index (χ1) is 10.6.